The van der Waals surface area contributed by atoms with Crippen molar-refractivity contribution in [1.82, 2.24) is 10.6 Å². The van der Waals surface area contributed by atoms with Crippen LogP contribution in [0, 0.1) is 0 Å². The molecule has 0 spiro atoms. The largest absolute Gasteiger partial charge is 0.311 e. The molecule has 0 saturated carbocycles. The summed E-state index contributed by atoms with van der Waals surface area (Å²) >= 11 is 0. The normalized spacial score (nSPS) is 52.9. The Balaban J connectivity index is 2.01. The first-order valence-electron chi connectivity index (χ1n) is 3.36. The first-order valence-corrected chi connectivity index (χ1v) is 3.36. The Kier molecular flexibility index (Phi) is 0.866. The van der Waals surface area contributed by atoms with E-state index in [9.17, 15) is 0 Å². The highest BCUT2D eigenvalue weighted by molar-refractivity contribution is 5.00. The van der Waals surface area contributed by atoms with Gasteiger partial charge in [-0.15, -0.1) is 0 Å². The van der Waals surface area contributed by atoms with Crippen LogP contribution >= 0.6 is 0 Å². The highest BCUT2D eigenvalue weighted by Crippen LogP contribution is 2.18. The van der Waals surface area contributed by atoms with E-state index in [4.69, 9.17) is 0 Å². The van der Waals surface area contributed by atoms with E-state index in [2.05, 4.69) is 17.6 Å². The topological polar surface area (TPSA) is 24.1 Å². The molecular weight excluding hydrogens is 100 g/mol. The van der Waals surface area contributed by atoms with Crippen molar-refractivity contribution in [3.63, 3.8) is 0 Å². The average molecular weight is 112 g/mol. The molecule has 2 heteroatoms. The summed E-state index contributed by atoms with van der Waals surface area (Å²) < 4.78 is 0. The summed E-state index contributed by atoms with van der Waals surface area (Å²) in [5.41, 5.74) is 0. The van der Waals surface area contributed by atoms with Gasteiger partial charge in [-0.2, -0.15) is 0 Å². The smallest absolute Gasteiger partial charge is 0.0236 e. The van der Waals surface area contributed by atoms with Crippen LogP contribution in [0.2, 0.25) is 0 Å². The maximum absolute atomic E-state index is 3.47. The number of rotatable bonds is 0. The van der Waals surface area contributed by atoms with Gasteiger partial charge in [0.05, 0.1) is 0 Å². The summed E-state index contributed by atoms with van der Waals surface area (Å²) in [6.07, 6.45) is 1.40. The maximum atomic E-state index is 3.47. The van der Waals surface area contributed by atoms with Gasteiger partial charge in [-0.05, 0) is 13.3 Å². The van der Waals surface area contributed by atoms with Crippen LogP contribution < -0.4 is 10.6 Å². The van der Waals surface area contributed by atoms with Gasteiger partial charge in [0.2, 0.25) is 0 Å². The van der Waals surface area contributed by atoms with Gasteiger partial charge in [0.15, 0.2) is 0 Å². The minimum absolute atomic E-state index is 0.708. The van der Waals surface area contributed by atoms with Gasteiger partial charge >= 0.3 is 0 Å². The summed E-state index contributed by atoms with van der Waals surface area (Å²) in [6, 6.07) is 2.30. The van der Waals surface area contributed by atoms with Gasteiger partial charge < -0.3 is 10.6 Å². The molecule has 2 N–H and O–H groups in total. The molecule has 3 heterocycles. The number of piperidine rings is 1. The van der Waals surface area contributed by atoms with Crippen molar-refractivity contribution in [3.05, 3.63) is 0 Å². The standard InChI is InChI=1S/C6H12N2/c1-4-6-2-5(8-6)3-7-4/h4-8H,2-3H2,1H3. The van der Waals surface area contributed by atoms with Crippen molar-refractivity contribution < 1.29 is 0 Å². The van der Waals surface area contributed by atoms with Crippen molar-refractivity contribution in [3.8, 4) is 0 Å². The third-order valence-corrected chi connectivity index (χ3v) is 2.28. The average Bonchev–Trinajstić information content (AvgIpc) is 1.62. The Hall–Kier alpha value is -0.0800. The summed E-state index contributed by atoms with van der Waals surface area (Å²) in [5.74, 6) is 0. The van der Waals surface area contributed by atoms with E-state index < -0.39 is 0 Å². The van der Waals surface area contributed by atoms with Crippen LogP contribution in [0.4, 0.5) is 0 Å². The molecule has 0 aromatic heterocycles. The molecule has 0 aromatic carbocycles. The fourth-order valence-electron chi connectivity index (χ4n) is 1.55. The third kappa shape index (κ3) is 0.501. The predicted molar refractivity (Wildman–Crippen MR) is 32.8 cm³/mol. The van der Waals surface area contributed by atoms with Crippen molar-refractivity contribution in [1.29, 1.82) is 0 Å². The fourth-order valence-corrected chi connectivity index (χ4v) is 1.55. The van der Waals surface area contributed by atoms with Crippen molar-refractivity contribution in [2.45, 2.75) is 31.5 Å². The molecular formula is C6H12N2. The van der Waals surface area contributed by atoms with Gasteiger partial charge in [-0.25, -0.2) is 0 Å². The number of piperazine rings is 1. The lowest BCUT2D eigenvalue weighted by Crippen LogP contribution is -2.69. The van der Waals surface area contributed by atoms with Crippen LogP contribution in [-0.4, -0.2) is 24.7 Å². The minimum Gasteiger partial charge on any atom is -0.311 e. The fraction of sp³-hybridized carbons (Fsp3) is 1.00. The van der Waals surface area contributed by atoms with E-state index in [1.54, 1.807) is 0 Å². The predicted octanol–water partition coefficient (Wildman–Crippen LogP) is -0.291. The molecule has 0 aromatic rings. The molecule has 8 heavy (non-hydrogen) atoms. The molecule has 3 fully saturated rings. The van der Waals surface area contributed by atoms with Crippen LogP contribution in [0.25, 0.3) is 0 Å². The van der Waals surface area contributed by atoms with E-state index >= 15 is 0 Å². The highest BCUT2D eigenvalue weighted by Gasteiger charge is 2.36. The highest BCUT2D eigenvalue weighted by atomic mass is 15.2. The van der Waals surface area contributed by atoms with E-state index in [1.165, 1.54) is 13.0 Å². The number of hydrogen-bond donors (Lipinski definition) is 2. The number of fused-ring (bicyclic) bond motifs is 2. The molecule has 3 aliphatic rings. The van der Waals surface area contributed by atoms with Gasteiger partial charge in [0.25, 0.3) is 0 Å². The molecule has 3 rings (SSSR count). The number of nitrogens with one attached hydrogen (secondary N) is 2. The summed E-state index contributed by atoms with van der Waals surface area (Å²) in [7, 11) is 0. The number of hydrogen-bond acceptors (Lipinski definition) is 2. The third-order valence-electron chi connectivity index (χ3n) is 2.28. The van der Waals surface area contributed by atoms with Crippen LogP contribution in [0.15, 0.2) is 0 Å². The molecule has 3 saturated heterocycles. The Morgan fingerprint density at radius 1 is 1.50 bits per heavy atom. The van der Waals surface area contributed by atoms with Crippen LogP contribution in [-0.2, 0) is 0 Å². The molecule has 2 nitrogen and oxygen atoms in total. The molecule has 46 valence electrons. The van der Waals surface area contributed by atoms with E-state index in [-0.39, 0.29) is 0 Å². The van der Waals surface area contributed by atoms with Gasteiger partial charge in [-0.1, -0.05) is 0 Å². The summed E-state index contributed by atoms with van der Waals surface area (Å²) in [6.45, 7) is 3.42. The second kappa shape index (κ2) is 1.45. The molecule has 0 amide bonds. The molecule has 0 radical (unpaired) electrons. The van der Waals surface area contributed by atoms with Crippen molar-refractivity contribution >= 4 is 0 Å². The molecule has 3 aliphatic heterocycles. The quantitative estimate of drug-likeness (QED) is 0.450. The zero-order chi connectivity index (χ0) is 5.56. The summed E-state index contributed by atoms with van der Waals surface area (Å²) in [5, 5.41) is 6.89. The Morgan fingerprint density at radius 3 is 2.50 bits per heavy atom. The lowest BCUT2D eigenvalue weighted by Gasteiger charge is -2.47. The zero-order valence-corrected chi connectivity index (χ0v) is 5.15. The second-order valence-electron chi connectivity index (χ2n) is 2.90. The van der Waals surface area contributed by atoms with Gasteiger partial charge in [0, 0.05) is 24.7 Å². The van der Waals surface area contributed by atoms with E-state index in [0.29, 0.717) is 6.04 Å². The molecule has 0 aliphatic carbocycles. The van der Waals surface area contributed by atoms with Gasteiger partial charge in [0.1, 0.15) is 0 Å². The lowest BCUT2D eigenvalue weighted by molar-refractivity contribution is 0.155. The summed E-state index contributed by atoms with van der Waals surface area (Å²) in [4.78, 5) is 0. The zero-order valence-electron chi connectivity index (χ0n) is 5.15. The van der Waals surface area contributed by atoms with Crippen molar-refractivity contribution in [2.75, 3.05) is 6.54 Å². The SMILES string of the molecule is CC1NCC2CC1N2. The minimum atomic E-state index is 0.708. The van der Waals surface area contributed by atoms with E-state index in [0.717, 1.165) is 12.1 Å². The second-order valence-corrected chi connectivity index (χ2v) is 2.90. The van der Waals surface area contributed by atoms with Crippen molar-refractivity contribution in [2.24, 2.45) is 0 Å². The first kappa shape index (κ1) is 4.77. The maximum Gasteiger partial charge on any atom is 0.0236 e. The van der Waals surface area contributed by atoms with Crippen LogP contribution in [0.1, 0.15) is 13.3 Å². The monoisotopic (exact) mass is 112 g/mol. The molecule has 3 atom stereocenters. The lowest BCUT2D eigenvalue weighted by atomic mass is 9.87. The Morgan fingerprint density at radius 2 is 2.25 bits per heavy atom. The van der Waals surface area contributed by atoms with E-state index in [1.807, 2.05) is 0 Å². The van der Waals surface area contributed by atoms with Crippen LogP contribution in [0.5, 0.6) is 0 Å². The Labute approximate surface area is 49.7 Å². The Bertz CT molecular complexity index is 91.2. The van der Waals surface area contributed by atoms with Gasteiger partial charge in [-0.3, -0.25) is 0 Å². The molecule has 2 bridgehead atoms. The first-order chi connectivity index (χ1) is 3.86. The molecule has 3 unspecified atom stereocenters. The van der Waals surface area contributed by atoms with Crippen LogP contribution in [0.3, 0.4) is 0 Å².